The van der Waals surface area contributed by atoms with Gasteiger partial charge < -0.3 is 5.32 Å². The van der Waals surface area contributed by atoms with Gasteiger partial charge in [-0.05, 0) is 38.8 Å². The molecule has 0 amide bonds. The molecule has 5 heteroatoms. The maximum atomic E-state index is 4.60. The first-order chi connectivity index (χ1) is 6.93. The zero-order valence-electron chi connectivity index (χ0n) is 8.70. The summed E-state index contributed by atoms with van der Waals surface area (Å²) >= 11 is 0. The number of nitrogens with one attached hydrogen (secondary N) is 2. The van der Waals surface area contributed by atoms with Gasteiger partial charge in [0.05, 0.1) is 0 Å². The van der Waals surface area contributed by atoms with E-state index in [9.17, 15) is 0 Å². The van der Waals surface area contributed by atoms with Crippen molar-refractivity contribution in [3.63, 3.8) is 0 Å². The predicted octanol–water partition coefficient (Wildman–Crippen LogP) is 1.57. The van der Waals surface area contributed by atoms with Gasteiger partial charge in [0.2, 0.25) is 0 Å². The first-order valence-corrected chi connectivity index (χ1v) is 5.56. The fourth-order valence-corrected chi connectivity index (χ4v) is 2.09. The average molecular weight is 229 g/mol. The molecule has 1 aromatic rings. The molecule has 1 aliphatic carbocycles. The van der Waals surface area contributed by atoms with Crippen molar-refractivity contribution in [2.45, 2.75) is 37.5 Å². The molecular weight excluding hydrogens is 212 g/mol. The van der Waals surface area contributed by atoms with Crippen LogP contribution in [-0.2, 0) is 0 Å². The fourth-order valence-electron chi connectivity index (χ4n) is 2.09. The zero-order valence-corrected chi connectivity index (χ0v) is 9.52. The molecule has 0 spiro atoms. The van der Waals surface area contributed by atoms with E-state index in [0.29, 0.717) is 11.8 Å². The van der Waals surface area contributed by atoms with E-state index in [1.54, 1.807) is 0 Å². The van der Waals surface area contributed by atoms with Gasteiger partial charge in [-0.25, -0.2) is 4.98 Å². The van der Waals surface area contributed by atoms with Crippen LogP contribution in [0, 0.1) is 0 Å². The summed E-state index contributed by atoms with van der Waals surface area (Å²) in [6.45, 7) is 2.23. The highest BCUT2D eigenvalue weighted by molar-refractivity contribution is 5.85. The smallest absolute Gasteiger partial charge is 0.153 e. The molecule has 1 saturated heterocycles. The van der Waals surface area contributed by atoms with Crippen LogP contribution in [0.15, 0.2) is 0 Å². The Balaban J connectivity index is 0.000000853. The molecule has 0 atom stereocenters. The number of aromatic nitrogens is 3. The second-order valence-corrected chi connectivity index (χ2v) is 4.38. The van der Waals surface area contributed by atoms with Crippen LogP contribution < -0.4 is 5.32 Å². The highest BCUT2D eigenvalue weighted by atomic mass is 35.5. The third kappa shape index (κ3) is 2.32. The number of piperidine rings is 1. The minimum Gasteiger partial charge on any atom is -0.317 e. The van der Waals surface area contributed by atoms with Crippen molar-refractivity contribution >= 4 is 12.4 Å². The Morgan fingerprint density at radius 1 is 1.00 bits per heavy atom. The number of hydrogen-bond donors (Lipinski definition) is 2. The normalized spacial score (nSPS) is 22.4. The Kier molecular flexibility index (Phi) is 3.26. The van der Waals surface area contributed by atoms with E-state index in [1.807, 2.05) is 0 Å². The molecular formula is C10H17ClN4. The minimum absolute atomic E-state index is 0. The third-order valence-electron chi connectivity index (χ3n) is 3.19. The molecule has 84 valence electrons. The van der Waals surface area contributed by atoms with Crippen LogP contribution in [0.1, 0.15) is 49.2 Å². The molecule has 15 heavy (non-hydrogen) atoms. The zero-order chi connectivity index (χ0) is 9.38. The summed E-state index contributed by atoms with van der Waals surface area (Å²) in [5.41, 5.74) is 0. The largest absolute Gasteiger partial charge is 0.317 e. The van der Waals surface area contributed by atoms with E-state index >= 15 is 0 Å². The van der Waals surface area contributed by atoms with E-state index < -0.39 is 0 Å². The first-order valence-electron chi connectivity index (χ1n) is 5.56. The Labute approximate surface area is 95.7 Å². The standard InChI is InChI=1S/C10H16N4.ClH/c1-2-7(1)9-12-10(14-13-9)8-3-5-11-6-4-8;/h7-8,11H,1-6H2,(H,12,13,14);1H. The molecule has 2 heterocycles. The maximum Gasteiger partial charge on any atom is 0.153 e. The van der Waals surface area contributed by atoms with Gasteiger partial charge in [-0.15, -0.1) is 12.4 Å². The highest BCUT2D eigenvalue weighted by Gasteiger charge is 2.29. The maximum absolute atomic E-state index is 4.60. The lowest BCUT2D eigenvalue weighted by atomic mass is 9.98. The average Bonchev–Trinajstić information content (AvgIpc) is 2.98. The van der Waals surface area contributed by atoms with Crippen LogP contribution in [0.25, 0.3) is 0 Å². The van der Waals surface area contributed by atoms with E-state index in [-0.39, 0.29) is 12.4 Å². The van der Waals surface area contributed by atoms with Gasteiger partial charge in [0.1, 0.15) is 5.82 Å². The van der Waals surface area contributed by atoms with Crippen molar-refractivity contribution in [3.8, 4) is 0 Å². The number of H-pyrrole nitrogens is 1. The second-order valence-electron chi connectivity index (χ2n) is 4.38. The van der Waals surface area contributed by atoms with Crippen molar-refractivity contribution in [1.82, 2.24) is 20.5 Å². The summed E-state index contributed by atoms with van der Waals surface area (Å²) in [6.07, 6.45) is 4.95. The molecule has 1 saturated carbocycles. The van der Waals surface area contributed by atoms with Gasteiger partial charge in [-0.1, -0.05) is 0 Å². The Bertz CT molecular complexity index is 315. The van der Waals surface area contributed by atoms with Crippen molar-refractivity contribution in [3.05, 3.63) is 11.6 Å². The lowest BCUT2D eigenvalue weighted by molar-refractivity contribution is 0.446. The third-order valence-corrected chi connectivity index (χ3v) is 3.19. The van der Waals surface area contributed by atoms with Crippen molar-refractivity contribution < 1.29 is 0 Å². The molecule has 1 aromatic heterocycles. The number of nitrogens with zero attached hydrogens (tertiary/aromatic N) is 2. The van der Waals surface area contributed by atoms with Crippen molar-refractivity contribution in [2.24, 2.45) is 0 Å². The highest BCUT2D eigenvalue weighted by Crippen LogP contribution is 2.38. The number of halogens is 1. The molecule has 2 N–H and O–H groups in total. The van der Waals surface area contributed by atoms with Crippen LogP contribution in [0.2, 0.25) is 0 Å². The SMILES string of the molecule is C1CC(c2nc(C3CC3)n[nH]2)CCN1.Cl. The van der Waals surface area contributed by atoms with Crippen LogP contribution in [-0.4, -0.2) is 28.3 Å². The van der Waals surface area contributed by atoms with Gasteiger partial charge in [0, 0.05) is 11.8 Å². The Morgan fingerprint density at radius 3 is 2.40 bits per heavy atom. The summed E-state index contributed by atoms with van der Waals surface area (Å²) in [7, 11) is 0. The molecule has 2 aliphatic rings. The molecule has 4 nitrogen and oxygen atoms in total. The van der Waals surface area contributed by atoms with Gasteiger partial charge >= 0.3 is 0 Å². The van der Waals surface area contributed by atoms with E-state index in [0.717, 1.165) is 24.7 Å². The minimum atomic E-state index is 0. The first kappa shape index (κ1) is 10.9. The molecule has 0 bridgehead atoms. The van der Waals surface area contributed by atoms with Gasteiger partial charge in [0.25, 0.3) is 0 Å². The lowest BCUT2D eigenvalue weighted by Gasteiger charge is -2.19. The van der Waals surface area contributed by atoms with Gasteiger partial charge in [-0.2, -0.15) is 5.10 Å². The predicted molar refractivity (Wildman–Crippen MR) is 60.5 cm³/mol. The van der Waals surface area contributed by atoms with E-state index in [2.05, 4.69) is 20.5 Å². The second kappa shape index (κ2) is 4.49. The molecule has 1 aliphatic heterocycles. The number of hydrogen-bond acceptors (Lipinski definition) is 3. The fraction of sp³-hybridized carbons (Fsp3) is 0.800. The van der Waals surface area contributed by atoms with Gasteiger partial charge in [0.15, 0.2) is 5.82 Å². The summed E-state index contributed by atoms with van der Waals surface area (Å²) in [5, 5.41) is 10.8. The Morgan fingerprint density at radius 2 is 1.73 bits per heavy atom. The number of aromatic amines is 1. The lowest BCUT2D eigenvalue weighted by Crippen LogP contribution is -2.27. The quantitative estimate of drug-likeness (QED) is 0.808. The monoisotopic (exact) mass is 228 g/mol. The van der Waals surface area contributed by atoms with Crippen molar-refractivity contribution in [1.29, 1.82) is 0 Å². The molecule has 0 aromatic carbocycles. The van der Waals surface area contributed by atoms with Crippen molar-refractivity contribution in [2.75, 3.05) is 13.1 Å². The Hall–Kier alpha value is -0.610. The molecule has 0 radical (unpaired) electrons. The summed E-state index contributed by atoms with van der Waals surface area (Å²) < 4.78 is 0. The molecule has 0 unspecified atom stereocenters. The topological polar surface area (TPSA) is 53.6 Å². The van der Waals surface area contributed by atoms with Crippen LogP contribution in [0.4, 0.5) is 0 Å². The summed E-state index contributed by atoms with van der Waals surface area (Å²) in [5.74, 6) is 3.45. The van der Waals surface area contributed by atoms with Gasteiger partial charge in [-0.3, -0.25) is 5.10 Å². The molecule has 3 rings (SSSR count). The molecule has 2 fully saturated rings. The summed E-state index contributed by atoms with van der Waals surface area (Å²) in [6, 6.07) is 0. The van der Waals surface area contributed by atoms with E-state index in [1.165, 1.54) is 25.7 Å². The summed E-state index contributed by atoms with van der Waals surface area (Å²) in [4.78, 5) is 4.60. The van der Waals surface area contributed by atoms with Crippen LogP contribution >= 0.6 is 12.4 Å². The number of rotatable bonds is 2. The van der Waals surface area contributed by atoms with E-state index in [4.69, 9.17) is 0 Å². The van der Waals surface area contributed by atoms with Crippen LogP contribution in [0.5, 0.6) is 0 Å². The van der Waals surface area contributed by atoms with Crippen LogP contribution in [0.3, 0.4) is 0 Å².